The highest BCUT2D eigenvalue weighted by Crippen LogP contribution is 2.24. The van der Waals surface area contributed by atoms with Gasteiger partial charge in [0, 0.05) is 16.8 Å². The van der Waals surface area contributed by atoms with Gasteiger partial charge < -0.3 is 10.1 Å². The second-order valence-corrected chi connectivity index (χ2v) is 6.43. The molecule has 0 unspecified atom stereocenters. The Labute approximate surface area is 173 Å². The number of hydrogen-bond acceptors (Lipinski definition) is 6. The maximum atomic E-state index is 12.2. The number of hydrogen-bond donors (Lipinski definition) is 1. The molecule has 3 rings (SSSR count). The Kier molecular flexibility index (Phi) is 6.50. The van der Waals surface area contributed by atoms with Gasteiger partial charge in [-0.2, -0.15) is 15.1 Å². The van der Waals surface area contributed by atoms with Crippen LogP contribution in [0.2, 0.25) is 10.2 Å². The molecule has 0 atom stereocenters. The fraction of sp³-hybridized carbons (Fsp3) is 0.111. The summed E-state index contributed by atoms with van der Waals surface area (Å²) < 4.78 is 40.3. The van der Waals surface area contributed by atoms with Gasteiger partial charge in [0.1, 0.15) is 16.7 Å². The summed E-state index contributed by atoms with van der Waals surface area (Å²) in [7, 11) is 0. The van der Waals surface area contributed by atoms with Crippen molar-refractivity contribution in [2.75, 3.05) is 5.32 Å². The van der Waals surface area contributed by atoms with E-state index in [0.717, 1.165) is 0 Å². The third kappa shape index (κ3) is 6.88. The first kappa shape index (κ1) is 20.8. The second-order valence-electron chi connectivity index (χ2n) is 5.60. The average molecular weight is 442 g/mol. The largest absolute Gasteiger partial charge is 0.573 e. The highest BCUT2D eigenvalue weighted by atomic mass is 35.5. The van der Waals surface area contributed by atoms with Crippen LogP contribution in [0, 0.1) is 0 Å². The lowest BCUT2D eigenvalue weighted by Gasteiger charge is -2.08. The summed E-state index contributed by atoms with van der Waals surface area (Å²) in [6.45, 7) is 0.110. The van der Waals surface area contributed by atoms with Crippen molar-refractivity contribution in [3.05, 3.63) is 70.3 Å². The van der Waals surface area contributed by atoms with E-state index in [1.165, 1.54) is 30.3 Å². The van der Waals surface area contributed by atoms with Gasteiger partial charge in [-0.3, -0.25) is 0 Å². The SMILES string of the molecule is FC(F)(F)Oc1ccc(CN=Nc2nc(Cl)cc(Nc3cccc(Cl)c3)n2)cc1. The van der Waals surface area contributed by atoms with Crippen LogP contribution in [0.15, 0.2) is 64.8 Å². The molecule has 0 radical (unpaired) electrons. The van der Waals surface area contributed by atoms with Crippen molar-refractivity contribution in [1.29, 1.82) is 0 Å². The molecule has 29 heavy (non-hydrogen) atoms. The molecule has 1 heterocycles. The summed E-state index contributed by atoms with van der Waals surface area (Å²) in [6, 6.07) is 13.8. The smallest absolute Gasteiger partial charge is 0.406 e. The van der Waals surface area contributed by atoms with Crippen LogP contribution in [-0.2, 0) is 6.54 Å². The van der Waals surface area contributed by atoms with Crippen LogP contribution < -0.4 is 10.1 Å². The van der Waals surface area contributed by atoms with Crippen molar-refractivity contribution >= 4 is 40.7 Å². The van der Waals surface area contributed by atoms with Gasteiger partial charge in [0.25, 0.3) is 5.95 Å². The monoisotopic (exact) mass is 441 g/mol. The zero-order valence-electron chi connectivity index (χ0n) is 14.5. The Bertz CT molecular complexity index is 1010. The predicted octanol–water partition coefficient (Wildman–Crippen LogP) is 6.71. The number of alkyl halides is 3. The van der Waals surface area contributed by atoms with Crippen molar-refractivity contribution in [3.8, 4) is 5.75 Å². The van der Waals surface area contributed by atoms with Gasteiger partial charge in [0.05, 0.1) is 6.54 Å². The predicted molar refractivity (Wildman–Crippen MR) is 103 cm³/mol. The van der Waals surface area contributed by atoms with Crippen LogP contribution in [0.3, 0.4) is 0 Å². The lowest BCUT2D eigenvalue weighted by atomic mass is 10.2. The number of azo groups is 1. The molecular formula is C18H12Cl2F3N5O. The molecule has 0 aliphatic carbocycles. The molecule has 0 saturated heterocycles. The first-order valence-electron chi connectivity index (χ1n) is 8.06. The van der Waals surface area contributed by atoms with Crippen molar-refractivity contribution < 1.29 is 17.9 Å². The zero-order valence-corrected chi connectivity index (χ0v) is 16.0. The summed E-state index contributed by atoms with van der Waals surface area (Å²) in [5.74, 6) is 0.113. The van der Waals surface area contributed by atoms with Crippen LogP contribution in [0.25, 0.3) is 0 Å². The molecule has 0 fully saturated rings. The van der Waals surface area contributed by atoms with Gasteiger partial charge in [-0.05, 0) is 35.9 Å². The van der Waals surface area contributed by atoms with Crippen LogP contribution in [0.5, 0.6) is 5.75 Å². The summed E-state index contributed by atoms with van der Waals surface area (Å²) in [6.07, 6.45) is -4.73. The first-order valence-corrected chi connectivity index (χ1v) is 8.82. The normalized spacial score (nSPS) is 11.6. The van der Waals surface area contributed by atoms with E-state index in [1.54, 1.807) is 24.3 Å². The topological polar surface area (TPSA) is 71.8 Å². The van der Waals surface area contributed by atoms with Gasteiger partial charge in [-0.15, -0.1) is 18.3 Å². The van der Waals surface area contributed by atoms with E-state index in [1.807, 2.05) is 0 Å². The van der Waals surface area contributed by atoms with E-state index in [0.29, 0.717) is 22.1 Å². The van der Waals surface area contributed by atoms with E-state index in [2.05, 4.69) is 30.3 Å². The molecule has 0 amide bonds. The molecule has 0 bridgehead atoms. The Morgan fingerprint density at radius 1 is 1.00 bits per heavy atom. The molecule has 0 saturated carbocycles. The highest BCUT2D eigenvalue weighted by Gasteiger charge is 2.30. The van der Waals surface area contributed by atoms with Crippen molar-refractivity contribution in [3.63, 3.8) is 0 Å². The number of benzene rings is 2. The standard InChI is InChI=1S/C18H12Cl2F3N5O/c19-12-2-1-3-13(8-12)25-16-9-15(20)26-17(27-16)28-24-10-11-4-6-14(7-5-11)29-18(21,22)23/h1-9H,10H2,(H,25,26,27). The summed E-state index contributed by atoms with van der Waals surface area (Å²) >= 11 is 11.9. The fourth-order valence-electron chi connectivity index (χ4n) is 2.21. The second kappa shape index (κ2) is 9.06. The Hall–Kier alpha value is -2.91. The summed E-state index contributed by atoms with van der Waals surface area (Å²) in [5, 5.41) is 11.6. The molecule has 0 aliphatic heterocycles. The lowest BCUT2D eigenvalue weighted by molar-refractivity contribution is -0.274. The van der Waals surface area contributed by atoms with Gasteiger partial charge in [-0.1, -0.05) is 41.4 Å². The number of nitrogens with zero attached hydrogens (tertiary/aromatic N) is 4. The number of rotatable bonds is 6. The first-order chi connectivity index (χ1) is 13.8. The molecular weight excluding hydrogens is 430 g/mol. The van der Waals surface area contributed by atoms with E-state index >= 15 is 0 Å². The molecule has 3 aromatic rings. The minimum Gasteiger partial charge on any atom is -0.406 e. The van der Waals surface area contributed by atoms with Crippen LogP contribution in [-0.4, -0.2) is 16.3 Å². The van der Waals surface area contributed by atoms with Crippen molar-refractivity contribution in [2.45, 2.75) is 12.9 Å². The van der Waals surface area contributed by atoms with Gasteiger partial charge >= 0.3 is 6.36 Å². The van der Waals surface area contributed by atoms with Crippen LogP contribution >= 0.6 is 23.2 Å². The number of nitrogens with one attached hydrogen (secondary N) is 1. The van der Waals surface area contributed by atoms with E-state index in [4.69, 9.17) is 23.2 Å². The number of aromatic nitrogens is 2. The third-order valence-corrected chi connectivity index (χ3v) is 3.78. The molecule has 0 aliphatic rings. The highest BCUT2D eigenvalue weighted by molar-refractivity contribution is 6.31. The number of halogens is 5. The van der Waals surface area contributed by atoms with Gasteiger partial charge in [0.15, 0.2) is 0 Å². The van der Waals surface area contributed by atoms with Crippen LogP contribution in [0.1, 0.15) is 5.56 Å². The Balaban J connectivity index is 1.65. The zero-order chi connectivity index (χ0) is 20.9. The van der Waals surface area contributed by atoms with Gasteiger partial charge in [-0.25, -0.2) is 0 Å². The van der Waals surface area contributed by atoms with E-state index in [-0.39, 0.29) is 23.4 Å². The van der Waals surface area contributed by atoms with Crippen LogP contribution in [0.4, 0.5) is 30.6 Å². The van der Waals surface area contributed by atoms with E-state index < -0.39 is 6.36 Å². The summed E-state index contributed by atoms with van der Waals surface area (Å²) in [5.41, 5.74) is 1.33. The van der Waals surface area contributed by atoms with Crippen molar-refractivity contribution in [1.82, 2.24) is 9.97 Å². The third-order valence-electron chi connectivity index (χ3n) is 3.35. The summed E-state index contributed by atoms with van der Waals surface area (Å²) in [4.78, 5) is 8.15. The quantitative estimate of drug-likeness (QED) is 0.340. The minimum atomic E-state index is -4.73. The average Bonchev–Trinajstić information content (AvgIpc) is 2.61. The fourth-order valence-corrected chi connectivity index (χ4v) is 2.57. The molecule has 150 valence electrons. The maximum Gasteiger partial charge on any atom is 0.573 e. The molecule has 1 aromatic heterocycles. The molecule has 6 nitrogen and oxygen atoms in total. The maximum absolute atomic E-state index is 12.2. The number of ether oxygens (including phenoxy) is 1. The lowest BCUT2D eigenvalue weighted by Crippen LogP contribution is -2.16. The minimum absolute atomic E-state index is 0.0269. The molecule has 0 spiro atoms. The molecule has 11 heteroatoms. The number of anilines is 2. The Morgan fingerprint density at radius 3 is 2.45 bits per heavy atom. The van der Waals surface area contributed by atoms with Crippen molar-refractivity contribution in [2.24, 2.45) is 10.2 Å². The molecule has 1 N–H and O–H groups in total. The Morgan fingerprint density at radius 2 is 1.76 bits per heavy atom. The van der Waals surface area contributed by atoms with Gasteiger partial charge in [0.2, 0.25) is 0 Å². The molecule has 2 aromatic carbocycles. The van der Waals surface area contributed by atoms with E-state index in [9.17, 15) is 13.2 Å².